The van der Waals surface area contributed by atoms with Crippen molar-refractivity contribution < 1.29 is 0 Å². The summed E-state index contributed by atoms with van der Waals surface area (Å²) in [5.41, 5.74) is 12.5. The van der Waals surface area contributed by atoms with Crippen LogP contribution in [0.1, 0.15) is 25.0 Å². The van der Waals surface area contributed by atoms with Gasteiger partial charge in [0.25, 0.3) is 0 Å². The van der Waals surface area contributed by atoms with E-state index in [2.05, 4.69) is 146 Å². The molecular weight excluding hydrogens is 693 g/mol. The molecule has 0 unspecified atom stereocenters. The number of rotatable bonds is 5. The number of aromatic nitrogens is 4. The Morgan fingerprint density at radius 3 is 1.60 bits per heavy atom. The van der Waals surface area contributed by atoms with E-state index in [-0.39, 0.29) is 5.41 Å². The third-order valence-corrected chi connectivity index (χ3v) is 11.8. The van der Waals surface area contributed by atoms with E-state index in [1.54, 1.807) is 0 Å². The van der Waals surface area contributed by atoms with Gasteiger partial charge in [-0.3, -0.25) is 4.98 Å². The van der Waals surface area contributed by atoms with Crippen molar-refractivity contribution in [3.05, 3.63) is 193 Å². The van der Waals surface area contributed by atoms with Gasteiger partial charge in [-0.15, -0.1) is 0 Å². The Hall–Kier alpha value is -7.30. The Kier molecular flexibility index (Phi) is 7.48. The average molecular weight is 729 g/mol. The van der Waals surface area contributed by atoms with Crippen LogP contribution >= 0.6 is 0 Å². The lowest BCUT2D eigenvalue weighted by atomic mass is 9.78. The highest BCUT2D eigenvalue weighted by atomic mass is 15.0. The minimum Gasteiger partial charge on any atom is -0.256 e. The van der Waals surface area contributed by atoms with E-state index in [0.717, 1.165) is 33.5 Å². The fourth-order valence-electron chi connectivity index (χ4n) is 8.98. The average Bonchev–Trinajstić information content (AvgIpc) is 3.52. The van der Waals surface area contributed by atoms with Gasteiger partial charge in [-0.05, 0) is 83.9 Å². The second-order valence-electron chi connectivity index (χ2n) is 15.4. The van der Waals surface area contributed by atoms with Crippen molar-refractivity contribution in [1.82, 2.24) is 19.9 Å². The SMILES string of the molecule is CC1(C)c2ccccc2-c2ccc3c4ccc(-c5ccc(-c6nc(-c7ccccc7)nc(-c7ccc(-c8ccccn8)cc7)n6)cc5)cc4c4ccccc4c3c21. The van der Waals surface area contributed by atoms with Crippen molar-refractivity contribution in [3.8, 4) is 67.7 Å². The zero-order valence-corrected chi connectivity index (χ0v) is 31.6. The number of fused-ring (bicyclic) bond motifs is 10. The van der Waals surface area contributed by atoms with E-state index < -0.39 is 0 Å². The summed E-state index contributed by atoms with van der Waals surface area (Å²) in [7, 11) is 0. The summed E-state index contributed by atoms with van der Waals surface area (Å²) >= 11 is 0. The first-order chi connectivity index (χ1) is 28.0. The quantitative estimate of drug-likeness (QED) is 0.166. The Balaban J connectivity index is 0.999. The summed E-state index contributed by atoms with van der Waals surface area (Å²) in [6, 6.07) is 62.4. The van der Waals surface area contributed by atoms with Crippen LogP contribution in [-0.4, -0.2) is 19.9 Å². The molecule has 0 radical (unpaired) electrons. The Morgan fingerprint density at radius 2 is 0.895 bits per heavy atom. The van der Waals surface area contributed by atoms with Crippen LogP contribution in [0, 0.1) is 0 Å². The monoisotopic (exact) mass is 728 g/mol. The van der Waals surface area contributed by atoms with Crippen molar-refractivity contribution in [1.29, 1.82) is 0 Å². The van der Waals surface area contributed by atoms with Crippen LogP contribution in [0.25, 0.3) is 100.0 Å². The summed E-state index contributed by atoms with van der Waals surface area (Å²) in [4.78, 5) is 19.5. The molecule has 0 aliphatic heterocycles. The van der Waals surface area contributed by atoms with Gasteiger partial charge in [0.15, 0.2) is 17.5 Å². The van der Waals surface area contributed by atoms with E-state index >= 15 is 0 Å². The highest BCUT2D eigenvalue weighted by Crippen LogP contribution is 2.53. The highest BCUT2D eigenvalue weighted by Gasteiger charge is 2.37. The van der Waals surface area contributed by atoms with Crippen molar-refractivity contribution in [2.24, 2.45) is 0 Å². The minimum atomic E-state index is -0.102. The molecule has 0 saturated carbocycles. The van der Waals surface area contributed by atoms with Crippen molar-refractivity contribution >= 4 is 32.3 Å². The van der Waals surface area contributed by atoms with Crippen LogP contribution in [0.15, 0.2) is 182 Å². The van der Waals surface area contributed by atoms with Gasteiger partial charge in [-0.1, -0.05) is 172 Å². The second kappa shape index (κ2) is 12.9. The fraction of sp³-hybridized carbons (Fsp3) is 0.0566. The largest absolute Gasteiger partial charge is 0.256 e. The van der Waals surface area contributed by atoms with Gasteiger partial charge in [-0.2, -0.15) is 0 Å². The molecule has 0 N–H and O–H groups in total. The number of pyridine rings is 1. The third kappa shape index (κ3) is 5.37. The van der Waals surface area contributed by atoms with E-state index in [9.17, 15) is 0 Å². The normalized spacial score (nSPS) is 12.9. The van der Waals surface area contributed by atoms with Gasteiger partial charge >= 0.3 is 0 Å². The third-order valence-electron chi connectivity index (χ3n) is 11.8. The molecule has 1 aliphatic carbocycles. The van der Waals surface area contributed by atoms with Gasteiger partial charge in [0.1, 0.15) is 0 Å². The maximum atomic E-state index is 5.02. The second-order valence-corrected chi connectivity index (χ2v) is 15.4. The van der Waals surface area contributed by atoms with Crippen molar-refractivity contribution in [2.75, 3.05) is 0 Å². The summed E-state index contributed by atoms with van der Waals surface area (Å²) in [5.74, 6) is 1.90. The molecule has 0 atom stereocenters. The topological polar surface area (TPSA) is 51.6 Å². The van der Waals surface area contributed by atoms with Gasteiger partial charge < -0.3 is 0 Å². The number of hydrogen-bond acceptors (Lipinski definition) is 4. The molecule has 0 fully saturated rings. The molecule has 10 aromatic rings. The summed E-state index contributed by atoms with van der Waals surface area (Å²) < 4.78 is 0. The summed E-state index contributed by atoms with van der Waals surface area (Å²) in [6.07, 6.45) is 1.81. The molecular formula is C53H36N4. The summed E-state index contributed by atoms with van der Waals surface area (Å²) in [5, 5.41) is 7.78. The minimum absolute atomic E-state index is 0.102. The Labute approximate surface area is 331 Å². The fourth-order valence-corrected chi connectivity index (χ4v) is 8.98. The standard InChI is InChI=1S/C53H36N4/c1-53(2)46-17-9-8-15-41(46)44-30-29-43-40-28-27-38(32-45(40)39-14-6-7-16-42(39)48(43)49(44)53)33-19-23-36(24-20-33)51-55-50(35-12-4-3-5-13-35)56-52(57-51)37-25-21-34(22-26-37)47-18-10-11-31-54-47/h3-32H,1-2H3. The van der Waals surface area contributed by atoms with E-state index in [1.165, 1.54) is 60.1 Å². The van der Waals surface area contributed by atoms with Gasteiger partial charge in [0, 0.05) is 33.9 Å². The van der Waals surface area contributed by atoms with Crippen LogP contribution < -0.4 is 0 Å². The molecule has 1 aliphatic rings. The molecule has 0 amide bonds. The molecule has 268 valence electrons. The van der Waals surface area contributed by atoms with Crippen LogP contribution in [0.5, 0.6) is 0 Å². The number of hydrogen-bond donors (Lipinski definition) is 0. The first-order valence-corrected chi connectivity index (χ1v) is 19.5. The van der Waals surface area contributed by atoms with Crippen LogP contribution in [0.2, 0.25) is 0 Å². The lowest BCUT2D eigenvalue weighted by Crippen LogP contribution is -2.15. The summed E-state index contributed by atoms with van der Waals surface area (Å²) in [6.45, 7) is 4.76. The molecule has 2 heterocycles. The first-order valence-electron chi connectivity index (χ1n) is 19.5. The maximum absolute atomic E-state index is 5.02. The lowest BCUT2D eigenvalue weighted by Gasteiger charge is -2.24. The van der Waals surface area contributed by atoms with Crippen molar-refractivity contribution in [3.63, 3.8) is 0 Å². The Morgan fingerprint density at radius 1 is 0.368 bits per heavy atom. The molecule has 0 saturated heterocycles. The van der Waals surface area contributed by atoms with E-state index in [0.29, 0.717) is 17.5 Å². The Bertz CT molecular complexity index is 3150. The van der Waals surface area contributed by atoms with Crippen LogP contribution in [-0.2, 0) is 5.41 Å². The molecule has 11 rings (SSSR count). The van der Waals surface area contributed by atoms with E-state index in [1.807, 2.05) is 54.7 Å². The van der Waals surface area contributed by atoms with Gasteiger partial charge in [0.2, 0.25) is 0 Å². The first kappa shape index (κ1) is 33.1. The highest BCUT2D eigenvalue weighted by molar-refractivity contribution is 6.28. The molecule has 2 aromatic heterocycles. The van der Waals surface area contributed by atoms with E-state index in [4.69, 9.17) is 15.0 Å². The van der Waals surface area contributed by atoms with Crippen LogP contribution in [0.4, 0.5) is 0 Å². The molecule has 4 nitrogen and oxygen atoms in total. The zero-order chi connectivity index (χ0) is 38.1. The molecule has 8 aromatic carbocycles. The van der Waals surface area contributed by atoms with Crippen molar-refractivity contribution in [2.45, 2.75) is 19.3 Å². The van der Waals surface area contributed by atoms with Gasteiger partial charge in [0.05, 0.1) is 5.69 Å². The maximum Gasteiger partial charge on any atom is 0.164 e. The molecule has 57 heavy (non-hydrogen) atoms. The predicted octanol–water partition coefficient (Wildman–Crippen LogP) is 13.4. The van der Waals surface area contributed by atoms with Crippen LogP contribution in [0.3, 0.4) is 0 Å². The predicted molar refractivity (Wildman–Crippen MR) is 235 cm³/mol. The molecule has 0 spiro atoms. The number of benzene rings is 8. The smallest absolute Gasteiger partial charge is 0.164 e. The zero-order valence-electron chi connectivity index (χ0n) is 31.6. The number of nitrogens with zero attached hydrogens (tertiary/aromatic N) is 4. The van der Waals surface area contributed by atoms with Gasteiger partial charge in [-0.25, -0.2) is 15.0 Å². The lowest BCUT2D eigenvalue weighted by molar-refractivity contribution is 0.666. The molecule has 4 heteroatoms. The molecule has 0 bridgehead atoms.